The Morgan fingerprint density at radius 3 is 3.09 bits per heavy atom. The predicted molar refractivity (Wildman–Crippen MR) is 80.6 cm³/mol. The lowest BCUT2D eigenvalue weighted by molar-refractivity contribution is -0.131. The largest absolute Gasteiger partial charge is 0.382 e. The average molecular weight is 306 g/mol. The molecule has 1 saturated heterocycles. The molecule has 22 heavy (non-hydrogen) atoms. The first-order valence-electron chi connectivity index (χ1n) is 7.83. The summed E-state index contributed by atoms with van der Waals surface area (Å²) in [6, 6.07) is 0. The molecular weight excluding hydrogens is 284 g/mol. The Bertz CT molecular complexity index is 575. The molecule has 7 nitrogen and oxygen atoms in total. The number of nitrogens with zero attached hydrogens (tertiary/aromatic N) is 3. The van der Waals surface area contributed by atoms with Gasteiger partial charge in [-0.2, -0.15) is 5.10 Å². The van der Waals surface area contributed by atoms with Crippen LogP contribution in [0.1, 0.15) is 37.4 Å². The van der Waals surface area contributed by atoms with Crippen LogP contribution in [0, 0.1) is 6.92 Å². The third-order valence-corrected chi connectivity index (χ3v) is 4.07. The average Bonchev–Trinajstić information content (AvgIpc) is 3.24. The van der Waals surface area contributed by atoms with Crippen LogP contribution >= 0.6 is 0 Å². The molecule has 120 valence electrons. The van der Waals surface area contributed by atoms with Gasteiger partial charge in [-0.1, -0.05) is 5.16 Å². The maximum absolute atomic E-state index is 12.1. The minimum atomic E-state index is -0.555. The number of hydrogen-bond donors (Lipinski definition) is 1. The summed E-state index contributed by atoms with van der Waals surface area (Å²) in [5.41, 5.74) is 2.65. The van der Waals surface area contributed by atoms with Crippen LogP contribution in [0.4, 0.5) is 0 Å². The van der Waals surface area contributed by atoms with Crippen molar-refractivity contribution in [1.29, 1.82) is 0 Å². The Morgan fingerprint density at radius 1 is 1.55 bits per heavy atom. The van der Waals surface area contributed by atoms with E-state index in [0.717, 1.165) is 43.0 Å². The van der Waals surface area contributed by atoms with E-state index < -0.39 is 6.10 Å². The molecule has 0 spiro atoms. The highest BCUT2D eigenvalue weighted by Crippen LogP contribution is 2.19. The van der Waals surface area contributed by atoms with Gasteiger partial charge in [-0.3, -0.25) is 9.48 Å². The Morgan fingerprint density at radius 2 is 2.41 bits per heavy atom. The topological polar surface area (TPSA) is 77.7 Å². The van der Waals surface area contributed by atoms with Crippen LogP contribution in [-0.4, -0.2) is 46.8 Å². The number of amides is 1. The molecule has 3 rings (SSSR count). The highest BCUT2D eigenvalue weighted by Gasteiger charge is 2.30. The monoisotopic (exact) mass is 306 g/mol. The standard InChI is InChI=1S/C15H22N4O3/c1-3-19-9-12(10(2)17-19)13-7-14(22-18-13)15(20)16-8-11-5-4-6-21-11/h9,11,14H,3-8H2,1-2H3,(H,16,20). The van der Waals surface area contributed by atoms with Gasteiger partial charge in [-0.05, 0) is 26.7 Å². The van der Waals surface area contributed by atoms with E-state index in [4.69, 9.17) is 9.57 Å². The van der Waals surface area contributed by atoms with Gasteiger partial charge in [0.2, 0.25) is 6.10 Å². The van der Waals surface area contributed by atoms with Gasteiger partial charge >= 0.3 is 0 Å². The molecule has 0 aliphatic carbocycles. The van der Waals surface area contributed by atoms with Gasteiger partial charge < -0.3 is 14.9 Å². The number of aryl methyl sites for hydroxylation is 2. The molecule has 2 aliphatic rings. The van der Waals surface area contributed by atoms with Crippen LogP contribution < -0.4 is 5.32 Å². The number of oxime groups is 1. The van der Waals surface area contributed by atoms with Crippen molar-refractivity contribution in [3.63, 3.8) is 0 Å². The number of hydrogen-bond acceptors (Lipinski definition) is 5. The van der Waals surface area contributed by atoms with Crippen molar-refractivity contribution in [2.45, 2.75) is 51.9 Å². The summed E-state index contributed by atoms with van der Waals surface area (Å²) >= 11 is 0. The zero-order valence-corrected chi connectivity index (χ0v) is 13.0. The fourth-order valence-corrected chi connectivity index (χ4v) is 2.77. The van der Waals surface area contributed by atoms with Crippen molar-refractivity contribution < 1.29 is 14.4 Å². The zero-order chi connectivity index (χ0) is 15.5. The second kappa shape index (κ2) is 6.48. The number of rotatable bonds is 5. The normalized spacial score (nSPS) is 24.2. The number of ether oxygens (including phenoxy) is 1. The van der Waals surface area contributed by atoms with Crippen molar-refractivity contribution in [2.24, 2.45) is 5.16 Å². The summed E-state index contributed by atoms with van der Waals surface area (Å²) < 4.78 is 7.35. The van der Waals surface area contributed by atoms with Gasteiger partial charge in [0.1, 0.15) is 0 Å². The number of carbonyl (C=O) groups excluding carboxylic acids is 1. The lowest BCUT2D eigenvalue weighted by Gasteiger charge is -2.13. The molecule has 2 aliphatic heterocycles. The minimum absolute atomic E-state index is 0.130. The van der Waals surface area contributed by atoms with E-state index in [1.807, 2.05) is 24.7 Å². The van der Waals surface area contributed by atoms with Crippen molar-refractivity contribution in [2.75, 3.05) is 13.2 Å². The van der Waals surface area contributed by atoms with Crippen LogP contribution in [0.25, 0.3) is 0 Å². The molecule has 0 aromatic carbocycles. The van der Waals surface area contributed by atoms with Gasteiger partial charge in [0, 0.05) is 37.9 Å². The lowest BCUT2D eigenvalue weighted by atomic mass is 10.1. The number of aromatic nitrogens is 2. The number of nitrogens with one attached hydrogen (secondary N) is 1. The third kappa shape index (κ3) is 3.14. The molecule has 0 bridgehead atoms. The molecule has 0 saturated carbocycles. The zero-order valence-electron chi connectivity index (χ0n) is 13.0. The van der Waals surface area contributed by atoms with Crippen molar-refractivity contribution in [3.8, 4) is 0 Å². The lowest BCUT2D eigenvalue weighted by Crippen LogP contribution is -2.39. The van der Waals surface area contributed by atoms with Crippen molar-refractivity contribution >= 4 is 11.6 Å². The Balaban J connectivity index is 1.54. The van der Waals surface area contributed by atoms with Crippen LogP contribution in [0.3, 0.4) is 0 Å². The van der Waals surface area contributed by atoms with Crippen molar-refractivity contribution in [3.05, 3.63) is 17.5 Å². The van der Waals surface area contributed by atoms with E-state index >= 15 is 0 Å². The third-order valence-electron chi connectivity index (χ3n) is 4.07. The van der Waals surface area contributed by atoms with E-state index in [1.54, 1.807) is 0 Å². The van der Waals surface area contributed by atoms with Crippen molar-refractivity contribution in [1.82, 2.24) is 15.1 Å². The van der Waals surface area contributed by atoms with Gasteiger partial charge in [-0.15, -0.1) is 0 Å². The highest BCUT2D eigenvalue weighted by atomic mass is 16.6. The molecule has 7 heteroatoms. The molecule has 0 radical (unpaired) electrons. The van der Waals surface area contributed by atoms with E-state index in [1.165, 1.54) is 0 Å². The molecule has 1 fully saturated rings. The second-order valence-corrected chi connectivity index (χ2v) is 5.70. The Kier molecular flexibility index (Phi) is 4.42. The summed E-state index contributed by atoms with van der Waals surface area (Å²) in [5, 5.41) is 11.3. The Hall–Kier alpha value is -1.89. The quantitative estimate of drug-likeness (QED) is 0.880. The molecule has 2 unspecified atom stereocenters. The Labute approximate surface area is 129 Å². The molecule has 1 aromatic heterocycles. The molecule has 2 atom stereocenters. The fraction of sp³-hybridized carbons (Fsp3) is 0.667. The fourth-order valence-electron chi connectivity index (χ4n) is 2.77. The second-order valence-electron chi connectivity index (χ2n) is 5.70. The first-order valence-corrected chi connectivity index (χ1v) is 7.83. The molecule has 3 heterocycles. The number of carbonyl (C=O) groups is 1. The van der Waals surface area contributed by atoms with E-state index in [2.05, 4.69) is 15.6 Å². The summed E-state index contributed by atoms with van der Waals surface area (Å²) in [5.74, 6) is -0.130. The van der Waals surface area contributed by atoms with Crippen LogP contribution in [-0.2, 0) is 20.9 Å². The predicted octanol–water partition coefficient (Wildman–Crippen LogP) is 1.000. The maximum Gasteiger partial charge on any atom is 0.264 e. The van der Waals surface area contributed by atoms with Gasteiger partial charge in [0.05, 0.1) is 17.5 Å². The van der Waals surface area contributed by atoms with E-state index in [-0.39, 0.29) is 12.0 Å². The van der Waals surface area contributed by atoms with E-state index in [9.17, 15) is 4.79 Å². The molecule has 1 amide bonds. The van der Waals surface area contributed by atoms with Crippen LogP contribution in [0.2, 0.25) is 0 Å². The molecule has 1 N–H and O–H groups in total. The van der Waals surface area contributed by atoms with Gasteiger partial charge in [0.25, 0.3) is 5.91 Å². The van der Waals surface area contributed by atoms with Crippen LogP contribution in [0.15, 0.2) is 11.4 Å². The first kappa shape index (κ1) is 15.0. The summed E-state index contributed by atoms with van der Waals surface area (Å²) in [6.45, 7) is 6.11. The van der Waals surface area contributed by atoms with Crippen LogP contribution in [0.5, 0.6) is 0 Å². The van der Waals surface area contributed by atoms with E-state index in [0.29, 0.717) is 13.0 Å². The highest BCUT2D eigenvalue weighted by molar-refractivity contribution is 6.04. The summed E-state index contributed by atoms with van der Waals surface area (Å²) in [7, 11) is 0. The summed E-state index contributed by atoms with van der Waals surface area (Å²) in [4.78, 5) is 17.4. The van der Waals surface area contributed by atoms with Gasteiger partial charge in [0.15, 0.2) is 0 Å². The minimum Gasteiger partial charge on any atom is -0.382 e. The molecule has 1 aromatic rings. The smallest absolute Gasteiger partial charge is 0.264 e. The first-order chi connectivity index (χ1) is 10.7. The molecular formula is C15H22N4O3. The SMILES string of the molecule is CCn1cc(C2=NOC(C(=O)NCC3CCCO3)C2)c(C)n1. The maximum atomic E-state index is 12.1. The summed E-state index contributed by atoms with van der Waals surface area (Å²) in [6.07, 6.45) is 4.08. The van der Waals surface area contributed by atoms with Gasteiger partial charge in [-0.25, -0.2) is 0 Å².